The fourth-order valence-electron chi connectivity index (χ4n) is 2.02. The van der Waals surface area contributed by atoms with E-state index in [1.165, 1.54) is 32.8 Å². The lowest BCUT2D eigenvalue weighted by molar-refractivity contribution is -0.142. The number of hydrogen-bond acceptors (Lipinski definition) is 3. The van der Waals surface area contributed by atoms with E-state index in [4.69, 9.17) is 9.47 Å². The molecule has 0 fully saturated rings. The maximum absolute atomic E-state index is 11.9. The molecule has 3 nitrogen and oxygen atoms in total. The number of unbranched alkanes of at least 4 members (excludes halogenated alkanes) is 5. The highest BCUT2D eigenvalue weighted by Crippen LogP contribution is 2.10. The van der Waals surface area contributed by atoms with Crippen molar-refractivity contribution in [1.29, 1.82) is 0 Å². The van der Waals surface area contributed by atoms with Crippen LogP contribution in [0.1, 0.15) is 51.0 Å². The molecule has 1 aromatic rings. The fraction of sp³-hybridized carbons (Fsp3) is 0.500. The zero-order chi connectivity index (χ0) is 15.3. The molecule has 0 radical (unpaired) electrons. The monoisotopic (exact) mass is 290 g/mol. The Hall–Kier alpha value is -1.77. The highest BCUT2D eigenvalue weighted by molar-refractivity contribution is 5.91. The first kappa shape index (κ1) is 17.3. The van der Waals surface area contributed by atoms with E-state index in [9.17, 15) is 4.79 Å². The van der Waals surface area contributed by atoms with Gasteiger partial charge in [-0.05, 0) is 18.1 Å². The molecule has 0 bridgehead atoms. The smallest absolute Gasteiger partial charge is 0.373 e. The van der Waals surface area contributed by atoms with Crippen molar-refractivity contribution in [1.82, 2.24) is 0 Å². The molecule has 0 atom stereocenters. The lowest BCUT2D eigenvalue weighted by Gasteiger charge is -2.07. The predicted molar refractivity (Wildman–Crippen MR) is 85.8 cm³/mol. The summed E-state index contributed by atoms with van der Waals surface area (Å²) in [6, 6.07) is 9.60. The summed E-state index contributed by atoms with van der Waals surface area (Å²) in [6.45, 7) is 2.66. The molecule has 0 aliphatic rings. The molecule has 0 saturated carbocycles. The van der Waals surface area contributed by atoms with E-state index in [1.54, 1.807) is 6.08 Å². The van der Waals surface area contributed by atoms with Gasteiger partial charge in [0, 0.05) is 0 Å². The fourth-order valence-corrected chi connectivity index (χ4v) is 2.02. The van der Waals surface area contributed by atoms with E-state index in [0.29, 0.717) is 6.61 Å². The van der Waals surface area contributed by atoms with Crippen LogP contribution in [0.15, 0.2) is 36.1 Å². The molecule has 1 aromatic carbocycles. The van der Waals surface area contributed by atoms with Crippen molar-refractivity contribution in [3.8, 4) is 0 Å². The molecule has 0 saturated heterocycles. The standard InChI is InChI=1S/C18H26O3/c1-3-4-5-6-7-11-14-21-18(19)17(20-2)15-16-12-9-8-10-13-16/h8-10,12-13,15H,3-7,11,14H2,1-2H3. The third kappa shape index (κ3) is 7.54. The maximum Gasteiger partial charge on any atom is 0.373 e. The highest BCUT2D eigenvalue weighted by Gasteiger charge is 2.11. The Morgan fingerprint density at radius 3 is 2.38 bits per heavy atom. The Kier molecular flexibility index (Phi) is 9.01. The largest absolute Gasteiger partial charge is 0.490 e. The molecule has 3 heteroatoms. The summed E-state index contributed by atoms with van der Waals surface area (Å²) in [5, 5.41) is 0. The van der Waals surface area contributed by atoms with E-state index in [2.05, 4.69) is 6.92 Å². The average Bonchev–Trinajstić information content (AvgIpc) is 2.52. The van der Waals surface area contributed by atoms with Crippen LogP contribution in [0.4, 0.5) is 0 Å². The van der Waals surface area contributed by atoms with E-state index < -0.39 is 5.97 Å². The van der Waals surface area contributed by atoms with Crippen LogP contribution in [0.2, 0.25) is 0 Å². The van der Waals surface area contributed by atoms with Crippen LogP contribution in [0, 0.1) is 0 Å². The Balaban J connectivity index is 2.30. The van der Waals surface area contributed by atoms with Crippen LogP contribution in [0.3, 0.4) is 0 Å². The second kappa shape index (κ2) is 11.0. The van der Waals surface area contributed by atoms with Gasteiger partial charge in [0.1, 0.15) is 0 Å². The summed E-state index contributed by atoms with van der Waals surface area (Å²) in [6.07, 6.45) is 8.73. The molecular weight excluding hydrogens is 264 g/mol. The van der Waals surface area contributed by atoms with Gasteiger partial charge in [-0.25, -0.2) is 4.79 Å². The molecular formula is C18H26O3. The lowest BCUT2D eigenvalue weighted by Crippen LogP contribution is -2.10. The number of esters is 1. The molecule has 1 rings (SSSR count). The third-order valence-electron chi connectivity index (χ3n) is 3.25. The molecule has 0 aromatic heterocycles. The van der Waals surface area contributed by atoms with Crippen molar-refractivity contribution in [2.75, 3.05) is 13.7 Å². The number of ether oxygens (including phenoxy) is 2. The molecule has 0 unspecified atom stereocenters. The average molecular weight is 290 g/mol. The van der Waals surface area contributed by atoms with Crippen LogP contribution < -0.4 is 0 Å². The van der Waals surface area contributed by atoms with Crippen LogP contribution in [-0.4, -0.2) is 19.7 Å². The molecule has 0 aliphatic carbocycles. The first-order valence-electron chi connectivity index (χ1n) is 7.75. The summed E-state index contributed by atoms with van der Waals surface area (Å²) >= 11 is 0. The normalized spacial score (nSPS) is 11.2. The number of carbonyl (C=O) groups excluding carboxylic acids is 1. The number of hydrogen-bond donors (Lipinski definition) is 0. The van der Waals surface area contributed by atoms with Crippen molar-refractivity contribution >= 4 is 12.0 Å². The van der Waals surface area contributed by atoms with Gasteiger partial charge in [0.15, 0.2) is 0 Å². The Morgan fingerprint density at radius 2 is 1.71 bits per heavy atom. The van der Waals surface area contributed by atoms with Gasteiger partial charge in [-0.3, -0.25) is 0 Å². The van der Waals surface area contributed by atoms with Gasteiger partial charge >= 0.3 is 5.97 Å². The van der Waals surface area contributed by atoms with Gasteiger partial charge in [0.2, 0.25) is 5.76 Å². The molecule has 21 heavy (non-hydrogen) atoms. The molecule has 116 valence electrons. The van der Waals surface area contributed by atoms with Crippen LogP contribution >= 0.6 is 0 Å². The van der Waals surface area contributed by atoms with Crippen molar-refractivity contribution in [3.05, 3.63) is 41.7 Å². The SMILES string of the molecule is CCCCCCCCOC(=O)C(=Cc1ccccc1)OC. The minimum Gasteiger partial charge on any atom is -0.490 e. The van der Waals surface area contributed by atoms with E-state index >= 15 is 0 Å². The van der Waals surface area contributed by atoms with Gasteiger partial charge in [-0.1, -0.05) is 69.4 Å². The summed E-state index contributed by atoms with van der Waals surface area (Å²) in [5.41, 5.74) is 0.922. The van der Waals surface area contributed by atoms with Crippen LogP contribution in [0.5, 0.6) is 0 Å². The van der Waals surface area contributed by atoms with Gasteiger partial charge in [-0.2, -0.15) is 0 Å². The Labute approximate surface area is 128 Å². The molecule has 0 aliphatic heterocycles. The number of methoxy groups -OCH3 is 1. The van der Waals surface area contributed by atoms with Gasteiger partial charge in [0.05, 0.1) is 13.7 Å². The highest BCUT2D eigenvalue weighted by atomic mass is 16.6. The maximum atomic E-state index is 11.9. The summed E-state index contributed by atoms with van der Waals surface area (Å²) in [7, 11) is 1.49. The molecule has 0 N–H and O–H groups in total. The second-order valence-corrected chi connectivity index (χ2v) is 5.03. The van der Waals surface area contributed by atoms with E-state index in [1.807, 2.05) is 30.3 Å². The van der Waals surface area contributed by atoms with Crippen molar-refractivity contribution < 1.29 is 14.3 Å². The van der Waals surface area contributed by atoms with Crippen LogP contribution in [-0.2, 0) is 14.3 Å². The van der Waals surface area contributed by atoms with Gasteiger partial charge in [-0.15, -0.1) is 0 Å². The quantitative estimate of drug-likeness (QED) is 0.274. The summed E-state index contributed by atoms with van der Waals surface area (Å²) < 4.78 is 10.4. The second-order valence-electron chi connectivity index (χ2n) is 5.03. The number of carbonyl (C=O) groups is 1. The van der Waals surface area contributed by atoms with Crippen molar-refractivity contribution in [2.24, 2.45) is 0 Å². The van der Waals surface area contributed by atoms with Crippen molar-refractivity contribution in [3.63, 3.8) is 0 Å². The van der Waals surface area contributed by atoms with Crippen LogP contribution in [0.25, 0.3) is 6.08 Å². The minimum atomic E-state index is -0.394. The zero-order valence-electron chi connectivity index (χ0n) is 13.1. The molecule has 0 amide bonds. The van der Waals surface area contributed by atoms with Gasteiger partial charge < -0.3 is 9.47 Å². The molecule has 0 heterocycles. The minimum absolute atomic E-state index is 0.243. The first-order chi connectivity index (χ1) is 10.3. The number of benzene rings is 1. The first-order valence-corrected chi connectivity index (χ1v) is 7.75. The Bertz CT molecular complexity index is 423. The summed E-state index contributed by atoms with van der Waals surface area (Å²) in [5.74, 6) is -0.151. The van der Waals surface area contributed by atoms with Crippen molar-refractivity contribution in [2.45, 2.75) is 45.4 Å². The third-order valence-corrected chi connectivity index (χ3v) is 3.25. The Morgan fingerprint density at radius 1 is 1.05 bits per heavy atom. The van der Waals surface area contributed by atoms with E-state index in [0.717, 1.165) is 18.4 Å². The van der Waals surface area contributed by atoms with E-state index in [-0.39, 0.29) is 5.76 Å². The molecule has 0 spiro atoms. The predicted octanol–water partition coefficient (Wildman–Crippen LogP) is 4.58. The van der Waals surface area contributed by atoms with Gasteiger partial charge in [0.25, 0.3) is 0 Å². The summed E-state index contributed by atoms with van der Waals surface area (Å²) in [4.78, 5) is 11.9. The topological polar surface area (TPSA) is 35.5 Å². The number of rotatable bonds is 10. The lowest BCUT2D eigenvalue weighted by atomic mass is 10.1. The zero-order valence-corrected chi connectivity index (χ0v) is 13.1.